The fraction of sp³-hybridized carbons (Fsp3) is 0.296. The largest absolute Gasteiger partial charge is 0.496 e. The average Bonchev–Trinajstić information content (AvgIpc) is 2.86. The van der Waals surface area contributed by atoms with Crippen LogP contribution in [0.4, 0.5) is 0 Å². The van der Waals surface area contributed by atoms with Gasteiger partial charge in [0.1, 0.15) is 11.8 Å². The van der Waals surface area contributed by atoms with Crippen molar-refractivity contribution in [3.05, 3.63) is 84.2 Å². The Hall–Kier alpha value is -3.67. The third-order valence-electron chi connectivity index (χ3n) is 6.23. The first-order valence-electron chi connectivity index (χ1n) is 11.2. The Kier molecular flexibility index (Phi) is 7.03. The predicted octanol–water partition coefficient (Wildman–Crippen LogP) is 3.60. The van der Waals surface area contributed by atoms with E-state index in [1.807, 2.05) is 48.5 Å². The summed E-state index contributed by atoms with van der Waals surface area (Å²) in [6.07, 6.45) is 4.97. The van der Waals surface area contributed by atoms with Crippen LogP contribution >= 0.6 is 0 Å². The zero-order valence-electron chi connectivity index (χ0n) is 19.1. The second-order valence-electron chi connectivity index (χ2n) is 8.31. The molecule has 1 aliphatic heterocycles. The molecule has 2 heterocycles. The summed E-state index contributed by atoms with van der Waals surface area (Å²) in [6.45, 7) is 1.10. The van der Waals surface area contributed by atoms with Gasteiger partial charge in [-0.1, -0.05) is 42.5 Å². The van der Waals surface area contributed by atoms with E-state index in [1.165, 1.54) is 0 Å². The number of amides is 2. The van der Waals surface area contributed by atoms with Crippen LogP contribution in [-0.4, -0.2) is 59.9 Å². The molecule has 1 saturated heterocycles. The van der Waals surface area contributed by atoms with Crippen molar-refractivity contribution in [3.63, 3.8) is 0 Å². The average molecular weight is 444 g/mol. The standard InChI is InChI=1S/C27H29N3O3/c1-29-17-18-30(26(31)12-11-23-5-3-4-6-25(23)33-2)24(27(29)32)19-20-7-9-21(10-8-20)22-13-15-28-16-14-22/h3-10,13-16,24H,11-12,17-19H2,1-2H3. The Balaban J connectivity index is 1.47. The number of benzene rings is 2. The number of hydrogen-bond donors (Lipinski definition) is 0. The zero-order chi connectivity index (χ0) is 23.2. The van der Waals surface area contributed by atoms with Crippen molar-refractivity contribution in [1.29, 1.82) is 0 Å². The summed E-state index contributed by atoms with van der Waals surface area (Å²) < 4.78 is 5.41. The van der Waals surface area contributed by atoms with Gasteiger partial charge in [0, 0.05) is 45.4 Å². The lowest BCUT2D eigenvalue weighted by Crippen LogP contribution is -2.58. The molecule has 1 aromatic heterocycles. The van der Waals surface area contributed by atoms with Gasteiger partial charge in [0.2, 0.25) is 11.8 Å². The molecule has 0 bridgehead atoms. The van der Waals surface area contributed by atoms with Crippen LogP contribution in [0.3, 0.4) is 0 Å². The van der Waals surface area contributed by atoms with E-state index in [4.69, 9.17) is 4.74 Å². The number of piperazine rings is 1. The first-order valence-corrected chi connectivity index (χ1v) is 11.2. The minimum Gasteiger partial charge on any atom is -0.496 e. The number of aryl methyl sites for hydroxylation is 1. The SMILES string of the molecule is COc1ccccc1CCC(=O)N1CCN(C)C(=O)C1Cc1ccc(-c2ccncc2)cc1. The summed E-state index contributed by atoms with van der Waals surface area (Å²) in [5, 5.41) is 0. The summed E-state index contributed by atoms with van der Waals surface area (Å²) in [4.78, 5) is 33.7. The molecule has 0 spiro atoms. The topological polar surface area (TPSA) is 62.7 Å². The van der Waals surface area contributed by atoms with Crippen LogP contribution in [0.15, 0.2) is 73.1 Å². The number of hydrogen-bond acceptors (Lipinski definition) is 4. The number of ether oxygens (including phenoxy) is 1. The van der Waals surface area contributed by atoms with E-state index in [0.29, 0.717) is 32.4 Å². The molecule has 170 valence electrons. The van der Waals surface area contributed by atoms with Crippen LogP contribution in [0.25, 0.3) is 11.1 Å². The highest BCUT2D eigenvalue weighted by Gasteiger charge is 2.35. The maximum atomic E-state index is 13.2. The molecule has 0 N–H and O–H groups in total. The number of pyridine rings is 1. The molecule has 33 heavy (non-hydrogen) atoms. The molecule has 3 aromatic rings. The summed E-state index contributed by atoms with van der Waals surface area (Å²) in [5.74, 6) is 0.774. The molecule has 2 aromatic carbocycles. The second-order valence-corrected chi connectivity index (χ2v) is 8.31. The van der Waals surface area contributed by atoms with Crippen LogP contribution in [-0.2, 0) is 22.4 Å². The molecular weight excluding hydrogens is 414 g/mol. The maximum Gasteiger partial charge on any atom is 0.245 e. The third kappa shape index (κ3) is 5.22. The lowest BCUT2D eigenvalue weighted by molar-refractivity contribution is -0.150. The fourth-order valence-electron chi connectivity index (χ4n) is 4.30. The Morgan fingerprint density at radius 2 is 1.70 bits per heavy atom. The van der Waals surface area contributed by atoms with Crippen molar-refractivity contribution in [2.75, 3.05) is 27.2 Å². The Bertz CT molecular complexity index is 1100. The van der Waals surface area contributed by atoms with Crippen LogP contribution in [0.2, 0.25) is 0 Å². The van der Waals surface area contributed by atoms with Crippen LogP contribution < -0.4 is 4.74 Å². The third-order valence-corrected chi connectivity index (χ3v) is 6.23. The van der Waals surface area contributed by atoms with Gasteiger partial charge in [-0.2, -0.15) is 0 Å². The summed E-state index contributed by atoms with van der Waals surface area (Å²) >= 11 is 0. The molecule has 6 nitrogen and oxygen atoms in total. The van der Waals surface area contributed by atoms with E-state index >= 15 is 0 Å². The minimum absolute atomic E-state index is 0.000705. The predicted molar refractivity (Wildman–Crippen MR) is 128 cm³/mol. The quantitative estimate of drug-likeness (QED) is 0.560. The lowest BCUT2D eigenvalue weighted by atomic mass is 9.98. The van der Waals surface area contributed by atoms with Crippen molar-refractivity contribution in [1.82, 2.24) is 14.8 Å². The Morgan fingerprint density at radius 3 is 2.42 bits per heavy atom. The van der Waals surface area contributed by atoms with Gasteiger partial charge in [0.25, 0.3) is 0 Å². The summed E-state index contributed by atoms with van der Waals surface area (Å²) in [6, 6.07) is 19.4. The normalized spacial score (nSPS) is 16.1. The maximum absolute atomic E-state index is 13.2. The lowest BCUT2D eigenvalue weighted by Gasteiger charge is -2.39. The van der Waals surface area contributed by atoms with E-state index in [9.17, 15) is 9.59 Å². The zero-order valence-corrected chi connectivity index (χ0v) is 19.1. The van der Waals surface area contributed by atoms with Gasteiger partial charge < -0.3 is 14.5 Å². The molecule has 4 rings (SSSR count). The summed E-state index contributed by atoms with van der Waals surface area (Å²) in [7, 11) is 3.44. The van der Waals surface area contributed by atoms with Crippen LogP contribution in [0.5, 0.6) is 5.75 Å². The van der Waals surface area contributed by atoms with E-state index in [0.717, 1.165) is 28.0 Å². The van der Waals surface area contributed by atoms with Gasteiger partial charge in [0.05, 0.1) is 7.11 Å². The van der Waals surface area contributed by atoms with Gasteiger partial charge in [-0.05, 0) is 46.9 Å². The summed E-state index contributed by atoms with van der Waals surface area (Å²) in [5.41, 5.74) is 4.22. The smallest absolute Gasteiger partial charge is 0.245 e. The number of rotatable bonds is 7. The minimum atomic E-state index is -0.485. The number of methoxy groups -OCH3 is 1. The number of para-hydroxylation sites is 1. The van der Waals surface area contributed by atoms with Crippen molar-refractivity contribution in [3.8, 4) is 16.9 Å². The van der Waals surface area contributed by atoms with Crippen LogP contribution in [0, 0.1) is 0 Å². The highest BCUT2D eigenvalue weighted by molar-refractivity contribution is 5.89. The molecule has 0 aliphatic carbocycles. The van der Waals surface area contributed by atoms with Gasteiger partial charge in [-0.15, -0.1) is 0 Å². The van der Waals surface area contributed by atoms with E-state index in [2.05, 4.69) is 17.1 Å². The van der Waals surface area contributed by atoms with Crippen molar-refractivity contribution < 1.29 is 14.3 Å². The van der Waals surface area contributed by atoms with Crippen molar-refractivity contribution >= 4 is 11.8 Å². The molecule has 1 aliphatic rings. The second kappa shape index (κ2) is 10.3. The monoisotopic (exact) mass is 443 g/mol. The first-order chi connectivity index (χ1) is 16.1. The van der Waals surface area contributed by atoms with Gasteiger partial charge in [-0.25, -0.2) is 0 Å². The molecule has 1 unspecified atom stereocenters. The highest BCUT2D eigenvalue weighted by atomic mass is 16.5. The van der Waals surface area contributed by atoms with E-state index < -0.39 is 6.04 Å². The Morgan fingerprint density at radius 1 is 1.00 bits per heavy atom. The number of carbonyl (C=O) groups excluding carboxylic acids is 2. The van der Waals surface area contributed by atoms with Gasteiger partial charge in [-0.3, -0.25) is 14.6 Å². The highest BCUT2D eigenvalue weighted by Crippen LogP contribution is 2.23. The first kappa shape index (κ1) is 22.5. The van der Waals surface area contributed by atoms with E-state index in [-0.39, 0.29) is 11.8 Å². The number of likely N-dealkylation sites (N-methyl/N-ethyl adjacent to an activating group) is 1. The molecule has 1 fully saturated rings. The molecular formula is C27H29N3O3. The number of carbonyl (C=O) groups is 2. The molecule has 0 radical (unpaired) electrons. The molecule has 0 saturated carbocycles. The van der Waals surface area contributed by atoms with Crippen molar-refractivity contribution in [2.24, 2.45) is 0 Å². The molecule has 6 heteroatoms. The fourth-order valence-corrected chi connectivity index (χ4v) is 4.30. The number of aromatic nitrogens is 1. The molecule has 1 atom stereocenters. The van der Waals surface area contributed by atoms with Crippen molar-refractivity contribution in [2.45, 2.75) is 25.3 Å². The van der Waals surface area contributed by atoms with Gasteiger partial charge >= 0.3 is 0 Å². The molecule has 2 amide bonds. The van der Waals surface area contributed by atoms with Crippen LogP contribution in [0.1, 0.15) is 17.5 Å². The van der Waals surface area contributed by atoms with Gasteiger partial charge in [0.15, 0.2) is 0 Å². The Labute approximate surface area is 194 Å². The van der Waals surface area contributed by atoms with E-state index in [1.54, 1.807) is 36.4 Å². The number of nitrogens with zero attached hydrogens (tertiary/aromatic N) is 3.